The van der Waals surface area contributed by atoms with E-state index < -0.39 is 0 Å². The van der Waals surface area contributed by atoms with E-state index in [-0.39, 0.29) is 6.10 Å². The van der Waals surface area contributed by atoms with Crippen LogP contribution in [0.25, 0.3) is 0 Å². The summed E-state index contributed by atoms with van der Waals surface area (Å²) in [6.45, 7) is 6.66. The van der Waals surface area contributed by atoms with Crippen molar-refractivity contribution in [1.82, 2.24) is 15.3 Å². The number of hydrogen-bond acceptors (Lipinski definition) is 4. The molecule has 0 radical (unpaired) electrons. The molecule has 0 amide bonds. The number of nitrogens with zero attached hydrogens (tertiary/aromatic N) is 2. The van der Waals surface area contributed by atoms with Crippen molar-refractivity contribution in [3.63, 3.8) is 0 Å². The minimum absolute atomic E-state index is 0.108. The first-order valence-corrected chi connectivity index (χ1v) is 4.75. The van der Waals surface area contributed by atoms with Gasteiger partial charge >= 0.3 is 0 Å². The van der Waals surface area contributed by atoms with Gasteiger partial charge in [-0.05, 0) is 27.8 Å². The van der Waals surface area contributed by atoms with E-state index in [4.69, 9.17) is 4.74 Å². The highest BCUT2D eigenvalue weighted by atomic mass is 16.5. The van der Waals surface area contributed by atoms with Gasteiger partial charge in [0.15, 0.2) is 0 Å². The summed E-state index contributed by atoms with van der Waals surface area (Å²) in [4.78, 5) is 8.47. The smallest absolute Gasteiger partial charge is 0.232 e. The molecule has 0 aromatic carbocycles. The molecule has 78 valence electrons. The molecule has 0 aliphatic rings. The fourth-order valence-corrected chi connectivity index (χ4v) is 1.11. The van der Waals surface area contributed by atoms with E-state index in [9.17, 15) is 0 Å². The predicted molar refractivity (Wildman–Crippen MR) is 55.5 cm³/mol. The summed E-state index contributed by atoms with van der Waals surface area (Å²) in [7, 11) is 1.89. The normalized spacial score (nSPS) is 12.6. The molecule has 1 heterocycles. The van der Waals surface area contributed by atoms with Gasteiger partial charge in [0, 0.05) is 6.54 Å². The number of aromatic nitrogens is 2. The maximum atomic E-state index is 5.55. The molecule has 14 heavy (non-hydrogen) atoms. The van der Waals surface area contributed by atoms with Crippen LogP contribution in [0.3, 0.4) is 0 Å². The number of rotatable bonds is 4. The average molecular weight is 195 g/mol. The maximum Gasteiger partial charge on any atom is 0.232 e. The van der Waals surface area contributed by atoms with Gasteiger partial charge in [0.1, 0.15) is 6.10 Å². The van der Waals surface area contributed by atoms with Gasteiger partial charge in [0.2, 0.25) is 5.88 Å². The van der Waals surface area contributed by atoms with Crippen LogP contribution in [-0.2, 0) is 0 Å². The number of likely N-dealkylation sites (N-methyl/N-ethyl adjacent to an activating group) is 1. The van der Waals surface area contributed by atoms with Crippen molar-refractivity contribution in [3.8, 4) is 5.88 Å². The van der Waals surface area contributed by atoms with Crippen LogP contribution in [0, 0.1) is 13.8 Å². The van der Waals surface area contributed by atoms with Gasteiger partial charge in [-0.2, -0.15) is 0 Å². The highest BCUT2D eigenvalue weighted by Gasteiger charge is 2.05. The standard InChI is InChI=1S/C10H17N3O/c1-7(5-11-4)14-10-6-12-8(2)9(3)13-10/h6-7,11H,5H2,1-4H3. The van der Waals surface area contributed by atoms with Crippen LogP contribution in [0.2, 0.25) is 0 Å². The van der Waals surface area contributed by atoms with Gasteiger partial charge in [-0.3, -0.25) is 4.98 Å². The van der Waals surface area contributed by atoms with Gasteiger partial charge in [-0.1, -0.05) is 0 Å². The molecule has 1 aromatic rings. The zero-order valence-electron chi connectivity index (χ0n) is 9.16. The fraction of sp³-hybridized carbons (Fsp3) is 0.600. The molecule has 1 unspecified atom stereocenters. The van der Waals surface area contributed by atoms with Gasteiger partial charge in [-0.15, -0.1) is 0 Å². The Morgan fingerprint density at radius 3 is 2.71 bits per heavy atom. The van der Waals surface area contributed by atoms with Crippen molar-refractivity contribution >= 4 is 0 Å². The molecule has 4 heteroatoms. The lowest BCUT2D eigenvalue weighted by Crippen LogP contribution is -2.26. The molecule has 1 atom stereocenters. The summed E-state index contributed by atoms with van der Waals surface area (Å²) in [6.07, 6.45) is 1.77. The van der Waals surface area contributed by atoms with Crippen molar-refractivity contribution < 1.29 is 4.74 Å². The number of nitrogens with one attached hydrogen (secondary N) is 1. The van der Waals surface area contributed by atoms with Crippen molar-refractivity contribution in [2.75, 3.05) is 13.6 Å². The van der Waals surface area contributed by atoms with E-state index >= 15 is 0 Å². The highest BCUT2D eigenvalue weighted by molar-refractivity contribution is 5.14. The Bertz CT molecular complexity index is 301. The summed E-state index contributed by atoms with van der Waals surface area (Å²) < 4.78 is 5.55. The van der Waals surface area contributed by atoms with Crippen molar-refractivity contribution in [1.29, 1.82) is 0 Å². The molecule has 0 aliphatic heterocycles. The molecule has 0 spiro atoms. The van der Waals surface area contributed by atoms with Gasteiger partial charge in [0.25, 0.3) is 0 Å². The second-order valence-electron chi connectivity index (χ2n) is 3.37. The Hall–Kier alpha value is -1.16. The Balaban J connectivity index is 2.63. The van der Waals surface area contributed by atoms with Crippen LogP contribution in [0.1, 0.15) is 18.3 Å². The zero-order valence-corrected chi connectivity index (χ0v) is 9.16. The third-order valence-corrected chi connectivity index (χ3v) is 1.98. The summed E-state index contributed by atoms with van der Waals surface area (Å²) in [5.41, 5.74) is 1.86. The van der Waals surface area contributed by atoms with Crippen LogP contribution in [-0.4, -0.2) is 29.7 Å². The Morgan fingerprint density at radius 1 is 1.43 bits per heavy atom. The zero-order chi connectivity index (χ0) is 10.6. The van der Waals surface area contributed by atoms with Crippen LogP contribution in [0.5, 0.6) is 5.88 Å². The van der Waals surface area contributed by atoms with Gasteiger partial charge in [0.05, 0.1) is 17.6 Å². The molecular weight excluding hydrogens is 178 g/mol. The molecule has 1 rings (SSSR count). The van der Waals surface area contributed by atoms with Crippen molar-refractivity contribution in [2.45, 2.75) is 26.9 Å². The highest BCUT2D eigenvalue weighted by Crippen LogP contribution is 2.09. The molecule has 1 N–H and O–H groups in total. The molecule has 4 nitrogen and oxygen atoms in total. The van der Waals surface area contributed by atoms with Crippen molar-refractivity contribution in [3.05, 3.63) is 17.6 Å². The van der Waals surface area contributed by atoms with Crippen LogP contribution in [0.4, 0.5) is 0 Å². The first-order chi connectivity index (χ1) is 6.63. The third kappa shape index (κ3) is 2.96. The minimum Gasteiger partial charge on any atom is -0.472 e. The quantitative estimate of drug-likeness (QED) is 0.781. The first kappa shape index (κ1) is 10.9. The monoisotopic (exact) mass is 195 g/mol. The number of aryl methyl sites for hydroxylation is 2. The summed E-state index contributed by atoms with van der Waals surface area (Å²) in [6, 6.07) is 0. The average Bonchev–Trinajstić information content (AvgIpc) is 2.12. The molecule has 1 aromatic heterocycles. The van der Waals surface area contributed by atoms with E-state index in [2.05, 4.69) is 15.3 Å². The van der Waals surface area contributed by atoms with E-state index in [0.29, 0.717) is 5.88 Å². The summed E-state index contributed by atoms with van der Waals surface area (Å²) in [5, 5.41) is 3.04. The first-order valence-electron chi connectivity index (χ1n) is 4.75. The molecule has 0 fully saturated rings. The number of ether oxygens (including phenoxy) is 1. The Kier molecular flexibility index (Phi) is 3.83. The minimum atomic E-state index is 0.108. The van der Waals surface area contributed by atoms with Crippen molar-refractivity contribution in [2.24, 2.45) is 0 Å². The molecule has 0 aliphatic carbocycles. The lowest BCUT2D eigenvalue weighted by atomic mass is 10.3. The SMILES string of the molecule is CNCC(C)Oc1cnc(C)c(C)n1. The topological polar surface area (TPSA) is 47.0 Å². The fourth-order valence-electron chi connectivity index (χ4n) is 1.11. The lowest BCUT2D eigenvalue weighted by molar-refractivity contribution is 0.210. The second-order valence-corrected chi connectivity index (χ2v) is 3.37. The number of hydrogen-bond donors (Lipinski definition) is 1. The predicted octanol–water partition coefficient (Wildman–Crippen LogP) is 1.08. The summed E-state index contributed by atoms with van der Waals surface area (Å²) in [5.74, 6) is 0.593. The van der Waals surface area contributed by atoms with Crippen LogP contribution in [0.15, 0.2) is 6.20 Å². The van der Waals surface area contributed by atoms with E-state index in [1.165, 1.54) is 0 Å². The molecular formula is C10H17N3O. The van der Waals surface area contributed by atoms with E-state index in [0.717, 1.165) is 17.9 Å². The van der Waals surface area contributed by atoms with Crippen LogP contribution < -0.4 is 10.1 Å². The van der Waals surface area contributed by atoms with Crippen LogP contribution >= 0.6 is 0 Å². The maximum absolute atomic E-state index is 5.55. The largest absolute Gasteiger partial charge is 0.472 e. The molecule has 0 bridgehead atoms. The second kappa shape index (κ2) is 4.91. The molecule has 0 saturated carbocycles. The molecule has 0 saturated heterocycles. The third-order valence-electron chi connectivity index (χ3n) is 1.98. The Labute approximate surface area is 84.7 Å². The van der Waals surface area contributed by atoms with Gasteiger partial charge in [-0.25, -0.2) is 4.98 Å². The van der Waals surface area contributed by atoms with E-state index in [1.807, 2.05) is 27.8 Å². The van der Waals surface area contributed by atoms with Gasteiger partial charge < -0.3 is 10.1 Å². The summed E-state index contributed by atoms with van der Waals surface area (Å²) >= 11 is 0. The van der Waals surface area contributed by atoms with E-state index in [1.54, 1.807) is 6.20 Å². The lowest BCUT2D eigenvalue weighted by Gasteiger charge is -2.13. The Morgan fingerprint density at radius 2 is 2.14 bits per heavy atom.